The standard InChI is InChI=1S/C15H14ClF2NS2/c16-14-8-9-10(5-3-7-12(9)20-14)19-11-4-1-2-6-13(11)21-15(17)18/h1-2,4,6,8,10,15,19H,3,5,7H2. The molecule has 1 nitrogen and oxygen atoms in total. The third-order valence-corrected chi connectivity index (χ3v) is 5.64. The minimum Gasteiger partial charge on any atom is -0.377 e. The molecule has 0 spiro atoms. The smallest absolute Gasteiger partial charge is 0.288 e. The maximum absolute atomic E-state index is 12.6. The van der Waals surface area contributed by atoms with E-state index in [0.29, 0.717) is 16.7 Å². The Morgan fingerprint density at radius 1 is 1.33 bits per heavy atom. The van der Waals surface area contributed by atoms with Gasteiger partial charge >= 0.3 is 0 Å². The summed E-state index contributed by atoms with van der Waals surface area (Å²) in [7, 11) is 0. The summed E-state index contributed by atoms with van der Waals surface area (Å²) in [6, 6.07) is 9.38. The molecule has 1 unspecified atom stereocenters. The monoisotopic (exact) mass is 345 g/mol. The zero-order valence-electron chi connectivity index (χ0n) is 11.1. The second-order valence-corrected chi connectivity index (χ2v) is 7.69. The number of hydrogen-bond donors (Lipinski definition) is 1. The Kier molecular flexibility index (Phi) is 4.72. The van der Waals surface area contributed by atoms with Crippen LogP contribution in [0.15, 0.2) is 35.2 Å². The zero-order chi connectivity index (χ0) is 14.8. The highest BCUT2D eigenvalue weighted by Crippen LogP contribution is 2.41. The highest BCUT2D eigenvalue weighted by molar-refractivity contribution is 7.99. The number of fused-ring (bicyclic) bond motifs is 1. The molecule has 21 heavy (non-hydrogen) atoms. The van der Waals surface area contributed by atoms with E-state index in [0.717, 1.165) is 29.3 Å². The first-order valence-corrected chi connectivity index (χ1v) is 8.79. The molecule has 0 radical (unpaired) electrons. The van der Waals surface area contributed by atoms with E-state index in [4.69, 9.17) is 11.6 Å². The molecule has 0 fully saturated rings. The summed E-state index contributed by atoms with van der Waals surface area (Å²) in [4.78, 5) is 1.89. The van der Waals surface area contributed by atoms with E-state index in [2.05, 4.69) is 5.32 Å². The summed E-state index contributed by atoms with van der Waals surface area (Å²) in [5, 5.41) is 3.42. The summed E-state index contributed by atoms with van der Waals surface area (Å²) in [6.45, 7) is 0. The van der Waals surface area contributed by atoms with Crippen LogP contribution in [0.4, 0.5) is 14.5 Å². The second-order valence-electron chi connectivity index (χ2n) is 4.89. The molecule has 3 rings (SSSR count). The number of aryl methyl sites for hydroxylation is 1. The van der Waals surface area contributed by atoms with Crippen LogP contribution in [0.1, 0.15) is 29.3 Å². The minimum atomic E-state index is -2.41. The van der Waals surface area contributed by atoms with E-state index < -0.39 is 5.76 Å². The number of alkyl halides is 2. The Labute approximate surface area is 135 Å². The Hall–Kier alpha value is -0.780. The number of thiophene rings is 1. The van der Waals surface area contributed by atoms with Crippen LogP contribution in [0.2, 0.25) is 4.34 Å². The number of hydrogen-bond acceptors (Lipinski definition) is 3. The molecular formula is C15H14ClF2NS2. The normalized spacial score (nSPS) is 17.8. The lowest BCUT2D eigenvalue weighted by atomic mass is 9.94. The Balaban J connectivity index is 1.84. The molecule has 1 N–H and O–H groups in total. The SMILES string of the molecule is FC(F)Sc1ccccc1NC1CCCc2sc(Cl)cc21. The van der Waals surface area contributed by atoms with Crippen molar-refractivity contribution in [2.24, 2.45) is 0 Å². The van der Waals surface area contributed by atoms with Gasteiger partial charge in [-0.1, -0.05) is 35.5 Å². The zero-order valence-corrected chi connectivity index (χ0v) is 13.5. The van der Waals surface area contributed by atoms with Crippen molar-refractivity contribution in [3.63, 3.8) is 0 Å². The average Bonchev–Trinajstić information content (AvgIpc) is 2.82. The Bertz CT molecular complexity index is 630. The molecule has 1 heterocycles. The Morgan fingerprint density at radius 3 is 2.95 bits per heavy atom. The number of nitrogens with one attached hydrogen (secondary N) is 1. The molecule has 1 aromatic carbocycles. The summed E-state index contributed by atoms with van der Waals surface area (Å²) in [5.74, 6) is -2.41. The molecule has 1 aromatic heterocycles. The quantitative estimate of drug-likeness (QED) is 0.661. The van der Waals surface area contributed by atoms with Gasteiger partial charge in [0, 0.05) is 15.5 Å². The average molecular weight is 346 g/mol. The van der Waals surface area contributed by atoms with Crippen LogP contribution in [-0.2, 0) is 6.42 Å². The topological polar surface area (TPSA) is 12.0 Å². The predicted molar refractivity (Wildman–Crippen MR) is 86.9 cm³/mol. The largest absolute Gasteiger partial charge is 0.377 e. The molecule has 0 bridgehead atoms. The predicted octanol–water partition coefficient (Wildman–Crippen LogP) is 6.21. The van der Waals surface area contributed by atoms with Crippen LogP contribution in [0, 0.1) is 0 Å². The Morgan fingerprint density at radius 2 is 2.14 bits per heavy atom. The van der Waals surface area contributed by atoms with E-state index in [-0.39, 0.29) is 6.04 Å². The van der Waals surface area contributed by atoms with Crippen molar-refractivity contribution in [1.29, 1.82) is 0 Å². The minimum absolute atomic E-state index is 0.150. The lowest BCUT2D eigenvalue weighted by molar-refractivity contribution is 0.252. The maximum Gasteiger partial charge on any atom is 0.288 e. The van der Waals surface area contributed by atoms with Gasteiger partial charge in [0.2, 0.25) is 0 Å². The molecule has 112 valence electrons. The number of benzene rings is 1. The van der Waals surface area contributed by atoms with Gasteiger partial charge in [0.05, 0.1) is 10.4 Å². The number of anilines is 1. The number of rotatable bonds is 4. The maximum atomic E-state index is 12.6. The van der Waals surface area contributed by atoms with Crippen molar-refractivity contribution in [3.8, 4) is 0 Å². The highest BCUT2D eigenvalue weighted by atomic mass is 35.5. The van der Waals surface area contributed by atoms with Gasteiger partial charge in [-0.3, -0.25) is 0 Å². The van der Waals surface area contributed by atoms with Gasteiger partial charge in [-0.15, -0.1) is 11.3 Å². The first-order valence-electron chi connectivity index (χ1n) is 6.72. The van der Waals surface area contributed by atoms with Gasteiger partial charge in [-0.25, -0.2) is 0 Å². The van der Waals surface area contributed by atoms with Crippen LogP contribution in [0.5, 0.6) is 0 Å². The summed E-state index contributed by atoms with van der Waals surface area (Å²) < 4.78 is 26.1. The number of para-hydroxylation sites is 1. The first-order chi connectivity index (χ1) is 10.1. The molecule has 0 saturated heterocycles. The van der Waals surface area contributed by atoms with Crippen molar-refractivity contribution >= 4 is 40.4 Å². The van der Waals surface area contributed by atoms with Gasteiger partial charge in [-0.05, 0) is 43.0 Å². The van der Waals surface area contributed by atoms with Gasteiger partial charge in [0.25, 0.3) is 5.76 Å². The fraction of sp³-hybridized carbons (Fsp3) is 0.333. The molecule has 2 aromatic rings. The fourth-order valence-electron chi connectivity index (χ4n) is 2.64. The molecule has 0 aliphatic heterocycles. The van der Waals surface area contributed by atoms with Crippen LogP contribution in [0.3, 0.4) is 0 Å². The van der Waals surface area contributed by atoms with E-state index in [1.165, 1.54) is 10.4 Å². The van der Waals surface area contributed by atoms with Crippen molar-refractivity contribution in [3.05, 3.63) is 45.1 Å². The number of thioether (sulfide) groups is 1. The lowest BCUT2D eigenvalue weighted by Gasteiger charge is -2.25. The third kappa shape index (κ3) is 3.52. The first kappa shape index (κ1) is 15.1. The van der Waals surface area contributed by atoms with Gasteiger partial charge in [0.1, 0.15) is 0 Å². The van der Waals surface area contributed by atoms with E-state index in [9.17, 15) is 8.78 Å². The lowest BCUT2D eigenvalue weighted by Crippen LogP contribution is -2.16. The molecule has 1 aliphatic rings. The van der Waals surface area contributed by atoms with Gasteiger partial charge in [-0.2, -0.15) is 8.78 Å². The summed E-state index contributed by atoms with van der Waals surface area (Å²) >= 11 is 8.31. The van der Waals surface area contributed by atoms with Gasteiger partial charge in [0.15, 0.2) is 0 Å². The summed E-state index contributed by atoms with van der Waals surface area (Å²) in [6.07, 6.45) is 3.14. The second kappa shape index (κ2) is 6.55. The van der Waals surface area contributed by atoms with Crippen LogP contribution >= 0.6 is 34.7 Å². The van der Waals surface area contributed by atoms with Crippen molar-refractivity contribution in [2.45, 2.75) is 36.0 Å². The fourth-order valence-corrected chi connectivity index (χ4v) is 4.63. The van der Waals surface area contributed by atoms with E-state index in [1.54, 1.807) is 23.5 Å². The number of halogens is 3. The van der Waals surface area contributed by atoms with Gasteiger partial charge < -0.3 is 5.32 Å². The molecule has 1 atom stereocenters. The third-order valence-electron chi connectivity index (χ3n) is 3.52. The van der Waals surface area contributed by atoms with Crippen molar-refractivity contribution < 1.29 is 8.78 Å². The highest BCUT2D eigenvalue weighted by Gasteiger charge is 2.23. The van der Waals surface area contributed by atoms with Crippen molar-refractivity contribution in [2.75, 3.05) is 5.32 Å². The van der Waals surface area contributed by atoms with Crippen molar-refractivity contribution in [1.82, 2.24) is 0 Å². The molecule has 0 saturated carbocycles. The van der Waals surface area contributed by atoms with Crippen LogP contribution in [0.25, 0.3) is 0 Å². The molecule has 0 amide bonds. The van der Waals surface area contributed by atoms with E-state index in [1.807, 2.05) is 18.2 Å². The summed E-state index contributed by atoms with van der Waals surface area (Å²) in [5.41, 5.74) is 1.98. The van der Waals surface area contributed by atoms with Crippen LogP contribution < -0.4 is 5.32 Å². The van der Waals surface area contributed by atoms with E-state index >= 15 is 0 Å². The molecule has 6 heteroatoms. The van der Waals surface area contributed by atoms with Crippen LogP contribution in [-0.4, -0.2) is 5.76 Å². The molecular weight excluding hydrogens is 332 g/mol. The molecule has 1 aliphatic carbocycles.